The molecule has 2 aromatic carbocycles. The molecule has 0 fully saturated rings. The van der Waals surface area contributed by atoms with Gasteiger partial charge in [0.05, 0.1) is 29.4 Å². The minimum Gasteiger partial charge on any atom is -0.492 e. The highest BCUT2D eigenvalue weighted by Crippen LogP contribution is 2.37. The van der Waals surface area contributed by atoms with Crippen LogP contribution in [0.15, 0.2) is 46.4 Å². The van der Waals surface area contributed by atoms with Crippen LogP contribution in [-0.2, 0) is 11.0 Å². The van der Waals surface area contributed by atoms with Crippen LogP contribution in [0.4, 0.5) is 18.9 Å². The molecular formula is C20H16BrF3N2O3. The first kappa shape index (κ1) is 22.3. The number of benzene rings is 2. The second kappa shape index (κ2) is 9.47. The van der Waals surface area contributed by atoms with Crippen molar-refractivity contribution in [1.82, 2.24) is 0 Å². The monoisotopic (exact) mass is 468 g/mol. The zero-order valence-corrected chi connectivity index (χ0v) is 17.0. The molecule has 5 nitrogen and oxygen atoms in total. The van der Waals surface area contributed by atoms with Crippen molar-refractivity contribution < 1.29 is 27.4 Å². The molecule has 0 saturated carbocycles. The fourth-order valence-electron chi connectivity index (χ4n) is 2.48. The van der Waals surface area contributed by atoms with E-state index >= 15 is 0 Å². The van der Waals surface area contributed by atoms with Crippen molar-refractivity contribution in [3.63, 3.8) is 0 Å². The molecular weight excluding hydrogens is 453 g/mol. The van der Waals surface area contributed by atoms with Crippen molar-refractivity contribution in [3.8, 4) is 17.6 Å². The molecule has 9 heteroatoms. The van der Waals surface area contributed by atoms with E-state index in [0.717, 1.165) is 12.1 Å². The van der Waals surface area contributed by atoms with Crippen LogP contribution in [0.5, 0.6) is 11.5 Å². The lowest BCUT2D eigenvalue weighted by atomic mass is 10.1. The molecule has 0 spiro atoms. The number of nitriles is 1. The molecule has 29 heavy (non-hydrogen) atoms. The molecule has 0 radical (unpaired) electrons. The summed E-state index contributed by atoms with van der Waals surface area (Å²) in [5.41, 5.74) is -1.38. The van der Waals surface area contributed by atoms with Gasteiger partial charge in [-0.2, -0.15) is 18.4 Å². The lowest BCUT2D eigenvalue weighted by molar-refractivity contribution is -0.137. The maximum absolute atomic E-state index is 13.1. The summed E-state index contributed by atoms with van der Waals surface area (Å²) in [5, 5.41) is 11.5. The van der Waals surface area contributed by atoms with E-state index in [1.54, 1.807) is 25.1 Å². The smallest absolute Gasteiger partial charge is 0.418 e. The van der Waals surface area contributed by atoms with E-state index in [9.17, 15) is 23.2 Å². The third kappa shape index (κ3) is 5.51. The van der Waals surface area contributed by atoms with Gasteiger partial charge in [-0.25, -0.2) is 0 Å². The van der Waals surface area contributed by atoms with Crippen LogP contribution >= 0.6 is 15.9 Å². The molecule has 0 aliphatic heterocycles. The number of alkyl halides is 3. The maximum atomic E-state index is 13.1. The lowest BCUT2D eigenvalue weighted by Gasteiger charge is -2.14. The van der Waals surface area contributed by atoms with Crippen molar-refractivity contribution in [2.24, 2.45) is 0 Å². The van der Waals surface area contributed by atoms with Crippen LogP contribution in [0.25, 0.3) is 6.08 Å². The van der Waals surface area contributed by atoms with Crippen LogP contribution in [0.2, 0.25) is 0 Å². The van der Waals surface area contributed by atoms with Crippen molar-refractivity contribution in [3.05, 3.63) is 57.6 Å². The summed E-state index contributed by atoms with van der Waals surface area (Å²) in [7, 11) is 1.46. The molecule has 0 heterocycles. The Bertz CT molecular complexity index is 982. The van der Waals surface area contributed by atoms with Gasteiger partial charge in [0.2, 0.25) is 0 Å². The normalized spacial score (nSPS) is 11.6. The van der Waals surface area contributed by atoms with Gasteiger partial charge in [-0.15, -0.1) is 0 Å². The number of nitrogens with one attached hydrogen (secondary N) is 1. The minimum atomic E-state index is -4.65. The number of amides is 1. The van der Waals surface area contributed by atoms with Gasteiger partial charge in [0.1, 0.15) is 11.6 Å². The Hall–Kier alpha value is -2.99. The summed E-state index contributed by atoms with van der Waals surface area (Å²) in [4.78, 5) is 12.4. The van der Waals surface area contributed by atoms with E-state index in [4.69, 9.17) is 9.47 Å². The second-order valence-corrected chi connectivity index (χ2v) is 6.49. The van der Waals surface area contributed by atoms with E-state index in [1.807, 2.05) is 0 Å². The van der Waals surface area contributed by atoms with Gasteiger partial charge in [0, 0.05) is 0 Å². The Morgan fingerprint density at radius 2 is 2.00 bits per heavy atom. The summed E-state index contributed by atoms with van der Waals surface area (Å²) in [6.07, 6.45) is -3.40. The number of carbonyl (C=O) groups excluding carboxylic acids is 1. The molecule has 0 aromatic heterocycles. The van der Waals surface area contributed by atoms with Crippen molar-refractivity contribution in [2.75, 3.05) is 19.0 Å². The standard InChI is InChI=1S/C20H16BrF3N2O3/c1-3-29-17-10-12(9-15(21)18(17)28-2)8-13(11-25)19(27)26-16-7-5-4-6-14(16)20(22,23)24/h4-10H,3H2,1-2H3,(H,26,27)/b13-8+. The summed E-state index contributed by atoms with van der Waals surface area (Å²) in [5.74, 6) is -0.143. The lowest BCUT2D eigenvalue weighted by Crippen LogP contribution is -2.17. The zero-order valence-electron chi connectivity index (χ0n) is 15.4. The number of methoxy groups -OCH3 is 1. The minimum absolute atomic E-state index is 0.357. The third-order valence-corrected chi connectivity index (χ3v) is 4.28. The average molecular weight is 469 g/mol. The predicted octanol–water partition coefficient (Wildman–Crippen LogP) is 5.42. The Kier molecular flexibility index (Phi) is 7.29. The molecule has 0 atom stereocenters. The van der Waals surface area contributed by atoms with Gasteiger partial charge < -0.3 is 14.8 Å². The highest BCUT2D eigenvalue weighted by molar-refractivity contribution is 9.10. The molecule has 0 aliphatic rings. The Labute approximate surface area is 173 Å². The number of halogens is 4. The van der Waals surface area contributed by atoms with Crippen LogP contribution in [0.1, 0.15) is 18.1 Å². The fraction of sp³-hybridized carbons (Fsp3) is 0.200. The largest absolute Gasteiger partial charge is 0.492 e. The first-order chi connectivity index (χ1) is 13.7. The van der Waals surface area contributed by atoms with Gasteiger partial charge in [0.15, 0.2) is 11.5 Å². The summed E-state index contributed by atoms with van der Waals surface area (Å²) in [6.45, 7) is 2.14. The first-order valence-electron chi connectivity index (χ1n) is 8.31. The maximum Gasteiger partial charge on any atom is 0.418 e. The number of nitrogens with zero attached hydrogens (tertiary/aromatic N) is 1. The first-order valence-corrected chi connectivity index (χ1v) is 9.10. The number of para-hydroxylation sites is 1. The number of ether oxygens (including phenoxy) is 2. The Morgan fingerprint density at radius 3 is 2.59 bits per heavy atom. The SMILES string of the molecule is CCOc1cc(/C=C(\C#N)C(=O)Nc2ccccc2C(F)(F)F)cc(Br)c1OC. The molecule has 0 unspecified atom stereocenters. The average Bonchev–Trinajstić information content (AvgIpc) is 2.65. The predicted molar refractivity (Wildman–Crippen MR) is 106 cm³/mol. The number of rotatable bonds is 6. The van der Waals surface area contributed by atoms with E-state index in [-0.39, 0.29) is 5.57 Å². The Morgan fingerprint density at radius 1 is 1.31 bits per heavy atom. The molecule has 0 saturated heterocycles. The van der Waals surface area contributed by atoms with Gasteiger partial charge in [-0.3, -0.25) is 4.79 Å². The van der Waals surface area contributed by atoms with Gasteiger partial charge in [-0.1, -0.05) is 12.1 Å². The molecule has 1 N–H and O–H groups in total. The second-order valence-electron chi connectivity index (χ2n) is 5.63. The number of anilines is 1. The van der Waals surface area contributed by atoms with Crippen LogP contribution in [0, 0.1) is 11.3 Å². The van der Waals surface area contributed by atoms with Crippen LogP contribution in [-0.4, -0.2) is 19.6 Å². The zero-order chi connectivity index (χ0) is 21.6. The van der Waals surface area contributed by atoms with Crippen LogP contribution in [0.3, 0.4) is 0 Å². The van der Waals surface area contributed by atoms with Gasteiger partial charge >= 0.3 is 6.18 Å². The molecule has 2 rings (SSSR count). The molecule has 152 valence electrons. The number of hydrogen-bond acceptors (Lipinski definition) is 4. The van der Waals surface area contributed by atoms with Crippen LogP contribution < -0.4 is 14.8 Å². The topological polar surface area (TPSA) is 71.3 Å². The molecule has 2 aromatic rings. The van der Waals surface area contributed by atoms with Gasteiger partial charge in [-0.05, 0) is 58.8 Å². The summed E-state index contributed by atoms with van der Waals surface area (Å²) >= 11 is 3.32. The van der Waals surface area contributed by atoms with Gasteiger partial charge in [0.25, 0.3) is 5.91 Å². The number of carbonyl (C=O) groups is 1. The highest BCUT2D eigenvalue weighted by Gasteiger charge is 2.33. The van der Waals surface area contributed by atoms with E-state index in [0.29, 0.717) is 28.1 Å². The van der Waals surface area contributed by atoms with Crippen molar-refractivity contribution in [2.45, 2.75) is 13.1 Å². The van der Waals surface area contributed by atoms with E-state index in [2.05, 4.69) is 21.2 Å². The third-order valence-electron chi connectivity index (χ3n) is 3.69. The summed E-state index contributed by atoms with van der Waals surface area (Å²) < 4.78 is 50.5. The molecule has 1 amide bonds. The quantitative estimate of drug-likeness (QED) is 0.453. The van der Waals surface area contributed by atoms with E-state index in [1.165, 1.54) is 25.3 Å². The number of hydrogen-bond donors (Lipinski definition) is 1. The molecule has 0 aliphatic carbocycles. The fourth-order valence-corrected chi connectivity index (χ4v) is 3.10. The highest BCUT2D eigenvalue weighted by atomic mass is 79.9. The Balaban J connectivity index is 2.39. The van der Waals surface area contributed by atoms with Crippen molar-refractivity contribution in [1.29, 1.82) is 5.26 Å². The van der Waals surface area contributed by atoms with Crippen molar-refractivity contribution >= 4 is 33.6 Å². The molecule has 0 bridgehead atoms. The summed E-state index contributed by atoms with van der Waals surface area (Å²) in [6, 6.07) is 9.39. The van der Waals surface area contributed by atoms with E-state index < -0.39 is 23.3 Å².